The van der Waals surface area contributed by atoms with Gasteiger partial charge in [0.2, 0.25) is 0 Å². The van der Waals surface area contributed by atoms with Gasteiger partial charge in [-0.1, -0.05) is 20.8 Å². The largest absolute Gasteiger partial charge is 0.388 e. The molecule has 0 aliphatic carbocycles. The third kappa shape index (κ3) is 3.00. The summed E-state index contributed by atoms with van der Waals surface area (Å²) in [6, 6.07) is 0. The molecular weight excluding hydrogens is 240 g/mol. The summed E-state index contributed by atoms with van der Waals surface area (Å²) in [7, 11) is 0. The maximum absolute atomic E-state index is 10.2. The predicted octanol–water partition coefficient (Wildman–Crippen LogP) is 2.49. The van der Waals surface area contributed by atoms with Crippen molar-refractivity contribution in [3.05, 3.63) is 17.0 Å². The van der Waals surface area contributed by atoms with Gasteiger partial charge in [0.25, 0.3) is 0 Å². The Morgan fingerprint density at radius 1 is 1.37 bits per heavy atom. The van der Waals surface area contributed by atoms with Crippen LogP contribution in [0.5, 0.6) is 0 Å². The molecule has 0 bridgehead atoms. The summed E-state index contributed by atoms with van der Waals surface area (Å²) in [4.78, 5) is 0. The zero-order valence-corrected chi connectivity index (χ0v) is 12.4. The molecule has 108 valence electrons. The fourth-order valence-electron chi connectivity index (χ4n) is 2.91. The number of aliphatic hydroxyl groups is 1. The standard InChI is InChI=1S/C15H26N2O2/c1-4-12-15(14(18)6-3)13(5-2)17(16-12)9-11-7-8-19-10-11/h11,14,18H,4-10H2,1-3H3. The molecule has 1 aromatic rings. The van der Waals surface area contributed by atoms with Crippen LogP contribution in [0.25, 0.3) is 0 Å². The molecule has 1 saturated heterocycles. The molecule has 0 spiro atoms. The summed E-state index contributed by atoms with van der Waals surface area (Å²) in [5, 5.41) is 15.0. The van der Waals surface area contributed by atoms with Crippen molar-refractivity contribution in [2.24, 2.45) is 5.92 Å². The van der Waals surface area contributed by atoms with Gasteiger partial charge in [0.15, 0.2) is 0 Å². The van der Waals surface area contributed by atoms with Gasteiger partial charge in [-0.15, -0.1) is 0 Å². The van der Waals surface area contributed by atoms with E-state index in [0.29, 0.717) is 5.92 Å². The normalized spacial score (nSPS) is 20.9. The van der Waals surface area contributed by atoms with E-state index in [1.165, 1.54) is 5.69 Å². The smallest absolute Gasteiger partial charge is 0.0823 e. The zero-order chi connectivity index (χ0) is 13.8. The number of aryl methyl sites for hydroxylation is 1. The van der Waals surface area contributed by atoms with Crippen molar-refractivity contribution in [3.8, 4) is 0 Å². The van der Waals surface area contributed by atoms with E-state index in [-0.39, 0.29) is 6.10 Å². The highest BCUT2D eigenvalue weighted by atomic mass is 16.5. The Bertz CT molecular complexity index is 409. The molecule has 0 saturated carbocycles. The lowest BCUT2D eigenvalue weighted by Crippen LogP contribution is -2.15. The van der Waals surface area contributed by atoms with Crippen LogP contribution in [0.3, 0.4) is 0 Å². The average molecular weight is 266 g/mol. The van der Waals surface area contributed by atoms with E-state index in [9.17, 15) is 5.11 Å². The summed E-state index contributed by atoms with van der Waals surface area (Å²) >= 11 is 0. The highest BCUT2D eigenvalue weighted by molar-refractivity contribution is 5.29. The van der Waals surface area contributed by atoms with Crippen molar-refractivity contribution in [3.63, 3.8) is 0 Å². The van der Waals surface area contributed by atoms with Crippen molar-refractivity contribution in [1.29, 1.82) is 0 Å². The monoisotopic (exact) mass is 266 g/mol. The highest BCUT2D eigenvalue weighted by Crippen LogP contribution is 2.27. The molecule has 1 fully saturated rings. The molecule has 19 heavy (non-hydrogen) atoms. The number of aromatic nitrogens is 2. The van der Waals surface area contributed by atoms with Gasteiger partial charge in [0, 0.05) is 30.3 Å². The molecule has 1 N–H and O–H groups in total. The van der Waals surface area contributed by atoms with Crippen molar-refractivity contribution < 1.29 is 9.84 Å². The first-order valence-electron chi connectivity index (χ1n) is 7.55. The Morgan fingerprint density at radius 3 is 2.68 bits per heavy atom. The van der Waals surface area contributed by atoms with E-state index in [2.05, 4.69) is 18.5 Å². The van der Waals surface area contributed by atoms with Crippen LogP contribution in [0.4, 0.5) is 0 Å². The van der Waals surface area contributed by atoms with Gasteiger partial charge in [0.05, 0.1) is 18.4 Å². The molecule has 1 aliphatic heterocycles. The number of rotatable bonds is 6. The van der Waals surface area contributed by atoms with E-state index < -0.39 is 0 Å². The second kappa shape index (κ2) is 6.53. The molecular formula is C15H26N2O2. The van der Waals surface area contributed by atoms with E-state index in [1.807, 2.05) is 6.92 Å². The molecule has 2 unspecified atom stereocenters. The van der Waals surface area contributed by atoms with Gasteiger partial charge >= 0.3 is 0 Å². The predicted molar refractivity (Wildman–Crippen MR) is 75.2 cm³/mol. The fourth-order valence-corrected chi connectivity index (χ4v) is 2.91. The molecule has 0 aromatic carbocycles. The molecule has 1 aliphatic rings. The van der Waals surface area contributed by atoms with Crippen LogP contribution >= 0.6 is 0 Å². The molecule has 2 heterocycles. The summed E-state index contributed by atoms with van der Waals surface area (Å²) in [6.07, 6.45) is 3.30. The lowest BCUT2D eigenvalue weighted by molar-refractivity contribution is 0.171. The average Bonchev–Trinajstić information content (AvgIpc) is 3.05. The first-order valence-corrected chi connectivity index (χ1v) is 7.55. The molecule has 0 radical (unpaired) electrons. The second-order valence-corrected chi connectivity index (χ2v) is 5.35. The van der Waals surface area contributed by atoms with Crippen LogP contribution in [0.15, 0.2) is 0 Å². The Labute approximate surface area is 115 Å². The van der Waals surface area contributed by atoms with Crippen LogP contribution in [-0.2, 0) is 24.1 Å². The lowest BCUT2D eigenvalue weighted by Gasteiger charge is -2.13. The molecule has 1 aromatic heterocycles. The Balaban J connectivity index is 2.29. The SMILES string of the molecule is CCc1nn(CC2CCOC2)c(CC)c1C(O)CC. The van der Waals surface area contributed by atoms with E-state index >= 15 is 0 Å². The van der Waals surface area contributed by atoms with Gasteiger partial charge in [-0.3, -0.25) is 4.68 Å². The summed E-state index contributed by atoms with van der Waals surface area (Å²) < 4.78 is 7.56. The zero-order valence-electron chi connectivity index (χ0n) is 12.4. The van der Waals surface area contributed by atoms with Gasteiger partial charge < -0.3 is 9.84 Å². The van der Waals surface area contributed by atoms with Crippen LogP contribution in [0.2, 0.25) is 0 Å². The Hall–Kier alpha value is -0.870. The first kappa shape index (κ1) is 14.5. The number of hydrogen-bond donors (Lipinski definition) is 1. The van der Waals surface area contributed by atoms with E-state index in [1.54, 1.807) is 0 Å². The van der Waals surface area contributed by atoms with Crippen molar-refractivity contribution in [2.45, 2.75) is 59.1 Å². The minimum atomic E-state index is -0.376. The summed E-state index contributed by atoms with van der Waals surface area (Å²) in [6.45, 7) is 8.91. The molecule has 2 atom stereocenters. The van der Waals surface area contributed by atoms with E-state index in [4.69, 9.17) is 9.84 Å². The number of ether oxygens (including phenoxy) is 1. The van der Waals surface area contributed by atoms with Gasteiger partial charge in [-0.2, -0.15) is 5.10 Å². The van der Waals surface area contributed by atoms with E-state index in [0.717, 1.165) is 56.7 Å². The quantitative estimate of drug-likeness (QED) is 0.860. The second-order valence-electron chi connectivity index (χ2n) is 5.35. The van der Waals surface area contributed by atoms with Crippen molar-refractivity contribution in [1.82, 2.24) is 9.78 Å². The van der Waals surface area contributed by atoms with Crippen molar-refractivity contribution >= 4 is 0 Å². The van der Waals surface area contributed by atoms with Crippen LogP contribution in [-0.4, -0.2) is 28.1 Å². The molecule has 4 heteroatoms. The third-order valence-corrected chi connectivity index (χ3v) is 4.02. The lowest BCUT2D eigenvalue weighted by atomic mass is 10.0. The third-order valence-electron chi connectivity index (χ3n) is 4.02. The minimum Gasteiger partial charge on any atom is -0.388 e. The fraction of sp³-hybridized carbons (Fsp3) is 0.800. The van der Waals surface area contributed by atoms with Crippen LogP contribution < -0.4 is 0 Å². The molecule has 2 rings (SSSR count). The summed E-state index contributed by atoms with van der Waals surface area (Å²) in [5.74, 6) is 0.571. The minimum absolute atomic E-state index is 0.376. The van der Waals surface area contributed by atoms with Gasteiger partial charge in [-0.25, -0.2) is 0 Å². The molecule has 0 amide bonds. The maximum Gasteiger partial charge on any atom is 0.0823 e. The van der Waals surface area contributed by atoms with Crippen LogP contribution in [0, 0.1) is 5.92 Å². The van der Waals surface area contributed by atoms with Crippen LogP contribution in [0.1, 0.15) is 56.7 Å². The number of aliphatic hydroxyl groups excluding tert-OH is 1. The van der Waals surface area contributed by atoms with Gasteiger partial charge in [0.1, 0.15) is 0 Å². The Morgan fingerprint density at radius 2 is 2.16 bits per heavy atom. The Kier molecular flexibility index (Phi) is 4.99. The maximum atomic E-state index is 10.2. The highest BCUT2D eigenvalue weighted by Gasteiger charge is 2.23. The molecule has 4 nitrogen and oxygen atoms in total. The topological polar surface area (TPSA) is 47.3 Å². The first-order chi connectivity index (χ1) is 9.21. The van der Waals surface area contributed by atoms with Gasteiger partial charge in [-0.05, 0) is 25.7 Å². The summed E-state index contributed by atoms with van der Waals surface area (Å²) in [5.41, 5.74) is 3.34. The number of hydrogen-bond acceptors (Lipinski definition) is 3. The van der Waals surface area contributed by atoms with Crippen molar-refractivity contribution in [2.75, 3.05) is 13.2 Å². The number of nitrogens with zero attached hydrogens (tertiary/aromatic N) is 2.